The lowest BCUT2D eigenvalue weighted by molar-refractivity contribution is -0.135. The first-order valence-electron chi connectivity index (χ1n) is 3.65. The SMILES string of the molecule is C=CCOC(=O)/C(=N\OC)C(=O)CCl. The van der Waals surface area contributed by atoms with Crippen LogP contribution in [0, 0.1) is 0 Å². The molecular weight excluding hydrogens is 210 g/mol. The molecule has 0 heterocycles. The zero-order valence-electron chi connectivity index (χ0n) is 7.66. The van der Waals surface area contributed by atoms with E-state index in [0.717, 1.165) is 0 Å². The molecule has 0 N–H and O–H groups in total. The van der Waals surface area contributed by atoms with Gasteiger partial charge in [0.25, 0.3) is 0 Å². The van der Waals surface area contributed by atoms with Crippen LogP contribution >= 0.6 is 11.6 Å². The summed E-state index contributed by atoms with van der Waals surface area (Å²) in [7, 11) is 1.21. The smallest absolute Gasteiger partial charge is 0.364 e. The highest BCUT2D eigenvalue weighted by molar-refractivity contribution is 6.67. The molecule has 0 saturated heterocycles. The Balaban J connectivity index is 4.50. The van der Waals surface area contributed by atoms with Crippen LogP contribution in [0.2, 0.25) is 0 Å². The van der Waals surface area contributed by atoms with Crippen LogP contribution in [0.25, 0.3) is 0 Å². The van der Waals surface area contributed by atoms with Gasteiger partial charge < -0.3 is 9.57 Å². The van der Waals surface area contributed by atoms with E-state index in [4.69, 9.17) is 11.6 Å². The van der Waals surface area contributed by atoms with E-state index in [1.165, 1.54) is 13.2 Å². The summed E-state index contributed by atoms with van der Waals surface area (Å²) in [6, 6.07) is 0. The average molecular weight is 220 g/mol. The van der Waals surface area contributed by atoms with Crippen LogP contribution in [0.1, 0.15) is 0 Å². The number of rotatable bonds is 6. The molecule has 0 aromatic carbocycles. The van der Waals surface area contributed by atoms with E-state index in [1.54, 1.807) is 0 Å². The van der Waals surface area contributed by atoms with Gasteiger partial charge in [0.2, 0.25) is 11.5 Å². The quantitative estimate of drug-likeness (QED) is 0.163. The molecule has 0 spiro atoms. The van der Waals surface area contributed by atoms with Crippen molar-refractivity contribution in [2.75, 3.05) is 19.6 Å². The van der Waals surface area contributed by atoms with Gasteiger partial charge in [0.15, 0.2) is 0 Å². The lowest BCUT2D eigenvalue weighted by Gasteiger charge is -2.01. The Bertz CT molecular complexity index is 262. The summed E-state index contributed by atoms with van der Waals surface area (Å²) >= 11 is 5.25. The van der Waals surface area contributed by atoms with Gasteiger partial charge in [-0.3, -0.25) is 4.79 Å². The minimum atomic E-state index is -0.877. The Morgan fingerprint density at radius 3 is 2.64 bits per heavy atom. The van der Waals surface area contributed by atoms with Gasteiger partial charge in [0.05, 0.1) is 5.88 Å². The number of ether oxygens (including phenoxy) is 1. The van der Waals surface area contributed by atoms with Gasteiger partial charge in [-0.15, -0.1) is 11.6 Å². The molecule has 0 radical (unpaired) electrons. The van der Waals surface area contributed by atoms with Crippen LogP contribution in [0.4, 0.5) is 0 Å². The number of carbonyl (C=O) groups excluding carboxylic acids is 2. The Labute approximate surface area is 86.3 Å². The zero-order valence-corrected chi connectivity index (χ0v) is 8.41. The van der Waals surface area contributed by atoms with Crippen LogP contribution < -0.4 is 0 Å². The molecule has 0 bridgehead atoms. The topological polar surface area (TPSA) is 65.0 Å². The first-order chi connectivity index (χ1) is 6.67. The van der Waals surface area contributed by atoms with Crippen molar-refractivity contribution in [2.45, 2.75) is 0 Å². The van der Waals surface area contributed by atoms with E-state index < -0.39 is 17.5 Å². The van der Waals surface area contributed by atoms with Gasteiger partial charge in [-0.25, -0.2) is 4.79 Å². The fourth-order valence-electron chi connectivity index (χ4n) is 0.560. The molecule has 0 fully saturated rings. The van der Waals surface area contributed by atoms with Gasteiger partial charge in [0.1, 0.15) is 13.7 Å². The molecule has 14 heavy (non-hydrogen) atoms. The molecule has 6 heteroatoms. The minimum absolute atomic E-state index is 0.00284. The third-order valence-corrected chi connectivity index (χ3v) is 1.34. The van der Waals surface area contributed by atoms with Crippen LogP contribution in [0.3, 0.4) is 0 Å². The fourth-order valence-corrected chi connectivity index (χ4v) is 0.686. The number of hydrogen-bond acceptors (Lipinski definition) is 5. The minimum Gasteiger partial charge on any atom is -0.457 e. The van der Waals surface area contributed by atoms with Gasteiger partial charge in [-0.1, -0.05) is 17.8 Å². The van der Waals surface area contributed by atoms with Crippen molar-refractivity contribution in [3.05, 3.63) is 12.7 Å². The molecule has 0 aromatic heterocycles. The second-order valence-electron chi connectivity index (χ2n) is 2.07. The van der Waals surface area contributed by atoms with E-state index in [1.807, 2.05) is 0 Å². The van der Waals surface area contributed by atoms with Gasteiger partial charge in [-0.05, 0) is 0 Å². The Morgan fingerprint density at radius 1 is 1.57 bits per heavy atom. The van der Waals surface area contributed by atoms with E-state index >= 15 is 0 Å². The third-order valence-electron chi connectivity index (χ3n) is 1.09. The number of esters is 1. The maximum Gasteiger partial charge on any atom is 0.364 e. The highest BCUT2D eigenvalue weighted by Gasteiger charge is 2.21. The summed E-state index contributed by atoms with van der Waals surface area (Å²) in [5.41, 5.74) is -0.454. The van der Waals surface area contributed by atoms with Gasteiger partial charge >= 0.3 is 5.97 Å². The molecule has 0 aliphatic heterocycles. The second kappa shape index (κ2) is 7.08. The summed E-state index contributed by atoms with van der Waals surface area (Å²) in [6.07, 6.45) is 1.37. The lowest BCUT2D eigenvalue weighted by Crippen LogP contribution is -2.27. The van der Waals surface area contributed by atoms with E-state index in [2.05, 4.69) is 21.3 Å². The van der Waals surface area contributed by atoms with Crippen LogP contribution in [0.5, 0.6) is 0 Å². The zero-order chi connectivity index (χ0) is 11.0. The van der Waals surface area contributed by atoms with Crippen molar-refractivity contribution in [1.29, 1.82) is 0 Å². The number of Topliss-reactive ketones (excluding diaryl/α,β-unsaturated/α-hetero) is 1. The first kappa shape index (κ1) is 12.6. The highest BCUT2D eigenvalue weighted by atomic mass is 35.5. The number of halogens is 1. The molecule has 0 amide bonds. The normalized spacial score (nSPS) is 10.6. The predicted octanol–water partition coefficient (Wildman–Crippen LogP) is 0.526. The van der Waals surface area contributed by atoms with Crippen molar-refractivity contribution in [2.24, 2.45) is 5.16 Å². The molecule has 0 aromatic rings. The Hall–Kier alpha value is -1.36. The number of oxime groups is 1. The van der Waals surface area contributed by atoms with Crippen molar-refractivity contribution < 1.29 is 19.2 Å². The summed E-state index contributed by atoms with van der Waals surface area (Å²) in [4.78, 5) is 26.5. The molecule has 0 unspecified atom stereocenters. The number of ketones is 1. The molecule has 0 saturated carbocycles. The summed E-state index contributed by atoms with van der Waals surface area (Å²) in [5.74, 6) is -1.88. The van der Waals surface area contributed by atoms with E-state index in [-0.39, 0.29) is 12.5 Å². The molecule has 0 rings (SSSR count). The molecule has 0 aliphatic rings. The molecule has 0 atom stereocenters. The number of hydrogen-bond donors (Lipinski definition) is 0. The van der Waals surface area contributed by atoms with E-state index in [9.17, 15) is 9.59 Å². The van der Waals surface area contributed by atoms with Crippen LogP contribution in [-0.2, 0) is 19.2 Å². The molecule has 78 valence electrons. The van der Waals surface area contributed by atoms with Crippen molar-refractivity contribution in [1.82, 2.24) is 0 Å². The predicted molar refractivity (Wildman–Crippen MR) is 51.3 cm³/mol. The van der Waals surface area contributed by atoms with Gasteiger partial charge in [-0.2, -0.15) is 0 Å². The fraction of sp³-hybridized carbons (Fsp3) is 0.375. The number of nitrogens with zero attached hydrogens (tertiary/aromatic N) is 1. The van der Waals surface area contributed by atoms with Crippen molar-refractivity contribution in [3.63, 3.8) is 0 Å². The maximum atomic E-state index is 11.1. The highest BCUT2D eigenvalue weighted by Crippen LogP contribution is 1.92. The van der Waals surface area contributed by atoms with E-state index in [0.29, 0.717) is 0 Å². The second-order valence-corrected chi connectivity index (χ2v) is 2.33. The largest absolute Gasteiger partial charge is 0.457 e. The van der Waals surface area contributed by atoms with Crippen LogP contribution in [0.15, 0.2) is 17.8 Å². The molecule has 0 aliphatic carbocycles. The Morgan fingerprint density at radius 2 is 2.21 bits per heavy atom. The van der Waals surface area contributed by atoms with Crippen LogP contribution in [-0.4, -0.2) is 37.1 Å². The van der Waals surface area contributed by atoms with Gasteiger partial charge in [0, 0.05) is 0 Å². The van der Waals surface area contributed by atoms with Crippen molar-refractivity contribution >= 4 is 29.1 Å². The average Bonchev–Trinajstić information content (AvgIpc) is 2.21. The molecular formula is C8H10ClNO4. The summed E-state index contributed by atoms with van der Waals surface area (Å²) in [5, 5.41) is 3.22. The lowest BCUT2D eigenvalue weighted by atomic mass is 10.3. The summed E-state index contributed by atoms with van der Waals surface area (Å²) in [6.45, 7) is 3.34. The third kappa shape index (κ3) is 4.04. The maximum absolute atomic E-state index is 11.1. The summed E-state index contributed by atoms with van der Waals surface area (Å²) < 4.78 is 4.58. The number of alkyl halides is 1. The first-order valence-corrected chi connectivity index (χ1v) is 4.19. The standard InChI is InChI=1S/C8H10ClNO4/c1-3-4-14-8(12)7(10-13-2)6(11)5-9/h3H,1,4-5H2,2H3/b10-7-. The monoisotopic (exact) mass is 219 g/mol. The molecule has 5 nitrogen and oxygen atoms in total. The number of carbonyl (C=O) groups is 2. The Kier molecular flexibility index (Phi) is 6.39. The van der Waals surface area contributed by atoms with Crippen molar-refractivity contribution in [3.8, 4) is 0 Å².